The smallest absolute Gasteiger partial charge is 0.238 e. The van der Waals surface area contributed by atoms with Crippen molar-refractivity contribution in [3.63, 3.8) is 0 Å². The summed E-state index contributed by atoms with van der Waals surface area (Å²) in [6.45, 7) is 0. The van der Waals surface area contributed by atoms with Crippen molar-refractivity contribution in [1.82, 2.24) is 0 Å². The van der Waals surface area contributed by atoms with E-state index in [0.717, 1.165) is 4.90 Å². The molecule has 4 atom stereocenters. The van der Waals surface area contributed by atoms with Gasteiger partial charge in [-0.15, -0.1) is 0 Å². The van der Waals surface area contributed by atoms with Gasteiger partial charge in [0.1, 0.15) is 11.5 Å². The molecule has 20 heavy (non-hydrogen) atoms. The zero-order valence-electron chi connectivity index (χ0n) is 10.4. The van der Waals surface area contributed by atoms with Crippen LogP contribution in [0.15, 0.2) is 36.4 Å². The molecule has 2 aliphatic carbocycles. The van der Waals surface area contributed by atoms with Crippen LogP contribution in [0.2, 0.25) is 0 Å². The lowest BCUT2D eigenvalue weighted by atomic mass is 9.85. The Morgan fingerprint density at radius 1 is 0.850 bits per heavy atom. The van der Waals surface area contributed by atoms with E-state index in [2.05, 4.69) is 0 Å². The van der Waals surface area contributed by atoms with Gasteiger partial charge in [0.15, 0.2) is 0 Å². The van der Waals surface area contributed by atoms with E-state index in [9.17, 15) is 19.5 Å². The highest BCUT2D eigenvalue weighted by atomic mass is 16.3. The number of phenolic OH excluding ortho intramolecular Hbond substituents is 1. The molecular formula is C15H11NO4. The molecule has 4 rings (SSSR count). The fraction of sp³-hybridized carbons (Fsp3) is 0.267. The molecule has 1 aromatic carbocycles. The number of benzene rings is 1. The molecule has 1 aromatic rings. The van der Waals surface area contributed by atoms with Crippen LogP contribution in [0.3, 0.4) is 0 Å². The molecule has 0 aromatic heterocycles. The third-order valence-electron chi connectivity index (χ3n) is 4.46. The Hall–Kier alpha value is -2.43. The summed E-state index contributed by atoms with van der Waals surface area (Å²) in [4.78, 5) is 38.0. The highest BCUT2D eigenvalue weighted by Crippen LogP contribution is 2.51. The standard InChI is InChI=1S/C15H11NO4/c17-8-3-1-7(2-4-8)16-14(19)11-9-5-6-10(13(9)18)12(11)15(16)20/h1-6,9-12,17H. The zero-order valence-corrected chi connectivity index (χ0v) is 10.4. The van der Waals surface area contributed by atoms with Gasteiger partial charge in [0.2, 0.25) is 11.8 Å². The summed E-state index contributed by atoms with van der Waals surface area (Å²) in [5.74, 6) is -2.52. The zero-order chi connectivity index (χ0) is 14.0. The molecule has 5 heteroatoms. The summed E-state index contributed by atoms with van der Waals surface area (Å²) in [5, 5.41) is 9.28. The summed E-state index contributed by atoms with van der Waals surface area (Å²) in [6.07, 6.45) is 3.50. The van der Waals surface area contributed by atoms with Crippen molar-refractivity contribution in [3.8, 4) is 5.75 Å². The second-order valence-electron chi connectivity index (χ2n) is 5.42. The number of hydrogen-bond donors (Lipinski definition) is 1. The maximum absolute atomic E-state index is 12.5. The molecule has 1 heterocycles. The monoisotopic (exact) mass is 269 g/mol. The number of ketones is 1. The number of carbonyl (C=O) groups is 3. The summed E-state index contributed by atoms with van der Waals surface area (Å²) in [6, 6.07) is 5.93. The average molecular weight is 269 g/mol. The van der Waals surface area contributed by atoms with E-state index >= 15 is 0 Å². The SMILES string of the molecule is O=C1C2C=CC1C1C(=O)N(c3ccc(O)cc3)C(=O)C21. The van der Waals surface area contributed by atoms with Gasteiger partial charge in [-0.1, -0.05) is 12.2 Å². The van der Waals surface area contributed by atoms with Gasteiger partial charge >= 0.3 is 0 Å². The number of carbonyl (C=O) groups excluding carboxylic acids is 3. The molecule has 3 aliphatic rings. The van der Waals surface area contributed by atoms with E-state index in [1.807, 2.05) is 0 Å². The first-order valence-corrected chi connectivity index (χ1v) is 6.48. The third-order valence-corrected chi connectivity index (χ3v) is 4.46. The molecule has 1 aliphatic heterocycles. The van der Waals surface area contributed by atoms with E-state index in [-0.39, 0.29) is 23.3 Å². The first-order chi connectivity index (χ1) is 9.59. The number of Topliss-reactive ketones (excluding diaryl/α,β-unsaturated/α-hetero) is 1. The summed E-state index contributed by atoms with van der Waals surface area (Å²) in [7, 11) is 0. The van der Waals surface area contributed by atoms with E-state index in [0.29, 0.717) is 5.69 Å². The Balaban J connectivity index is 1.76. The Kier molecular flexibility index (Phi) is 2.03. The number of amides is 2. The molecule has 5 nitrogen and oxygen atoms in total. The lowest BCUT2D eigenvalue weighted by Crippen LogP contribution is -2.34. The summed E-state index contributed by atoms with van der Waals surface area (Å²) < 4.78 is 0. The van der Waals surface area contributed by atoms with Gasteiger partial charge in [-0.3, -0.25) is 14.4 Å². The van der Waals surface area contributed by atoms with Gasteiger partial charge < -0.3 is 5.11 Å². The number of aromatic hydroxyl groups is 1. The van der Waals surface area contributed by atoms with Gasteiger partial charge in [-0.25, -0.2) is 4.90 Å². The van der Waals surface area contributed by atoms with E-state index in [1.54, 1.807) is 12.2 Å². The minimum absolute atomic E-state index is 0.00736. The fourth-order valence-electron chi connectivity index (χ4n) is 3.57. The Bertz CT molecular complexity index is 642. The van der Waals surface area contributed by atoms with Crippen molar-refractivity contribution < 1.29 is 19.5 Å². The number of hydrogen-bond acceptors (Lipinski definition) is 4. The molecular weight excluding hydrogens is 258 g/mol. The summed E-state index contributed by atoms with van der Waals surface area (Å²) in [5.41, 5.74) is 0.444. The van der Waals surface area contributed by atoms with E-state index in [4.69, 9.17) is 0 Å². The van der Waals surface area contributed by atoms with Gasteiger partial charge in [0.25, 0.3) is 0 Å². The molecule has 2 fully saturated rings. The van der Waals surface area contributed by atoms with E-state index in [1.165, 1.54) is 24.3 Å². The number of phenols is 1. The van der Waals surface area contributed by atoms with Crippen LogP contribution in [0.1, 0.15) is 0 Å². The van der Waals surface area contributed by atoms with Crippen LogP contribution in [-0.2, 0) is 14.4 Å². The van der Waals surface area contributed by atoms with Crippen molar-refractivity contribution in [1.29, 1.82) is 0 Å². The minimum Gasteiger partial charge on any atom is -0.508 e. The molecule has 2 amide bonds. The summed E-state index contributed by atoms with van der Waals surface area (Å²) >= 11 is 0. The molecule has 0 radical (unpaired) electrons. The number of imide groups is 1. The van der Waals surface area contributed by atoms with Crippen LogP contribution < -0.4 is 4.90 Å². The van der Waals surface area contributed by atoms with Gasteiger partial charge in [-0.05, 0) is 24.3 Å². The van der Waals surface area contributed by atoms with Crippen molar-refractivity contribution >= 4 is 23.3 Å². The fourth-order valence-corrected chi connectivity index (χ4v) is 3.57. The predicted octanol–water partition coefficient (Wildman–Crippen LogP) is 0.883. The molecule has 100 valence electrons. The van der Waals surface area contributed by atoms with Crippen molar-refractivity contribution in [2.24, 2.45) is 23.7 Å². The van der Waals surface area contributed by atoms with Gasteiger partial charge in [0.05, 0.1) is 17.5 Å². The second-order valence-corrected chi connectivity index (χ2v) is 5.42. The third kappa shape index (κ3) is 1.20. The van der Waals surface area contributed by atoms with Gasteiger partial charge in [-0.2, -0.15) is 0 Å². The number of fused-ring (bicyclic) bond motifs is 5. The molecule has 4 unspecified atom stereocenters. The normalized spacial score (nSPS) is 34.2. The van der Waals surface area contributed by atoms with Crippen LogP contribution in [0.4, 0.5) is 5.69 Å². The molecule has 2 bridgehead atoms. The van der Waals surface area contributed by atoms with Crippen molar-refractivity contribution in [2.45, 2.75) is 0 Å². The van der Waals surface area contributed by atoms with Crippen molar-refractivity contribution in [2.75, 3.05) is 4.90 Å². The van der Waals surface area contributed by atoms with Gasteiger partial charge in [0, 0.05) is 11.8 Å². The van der Waals surface area contributed by atoms with E-state index < -0.39 is 23.7 Å². The highest BCUT2D eigenvalue weighted by Gasteiger charge is 2.63. The van der Waals surface area contributed by atoms with Crippen LogP contribution in [0, 0.1) is 23.7 Å². The van der Waals surface area contributed by atoms with Crippen LogP contribution in [-0.4, -0.2) is 22.7 Å². The minimum atomic E-state index is -0.543. The maximum atomic E-state index is 12.5. The lowest BCUT2D eigenvalue weighted by Gasteiger charge is -2.16. The average Bonchev–Trinajstić information content (AvgIpc) is 3.02. The number of rotatable bonds is 1. The van der Waals surface area contributed by atoms with Crippen molar-refractivity contribution in [3.05, 3.63) is 36.4 Å². The largest absolute Gasteiger partial charge is 0.508 e. The quantitative estimate of drug-likeness (QED) is 0.606. The van der Waals surface area contributed by atoms with Crippen LogP contribution in [0.25, 0.3) is 0 Å². The second kappa shape index (κ2) is 3.56. The Morgan fingerprint density at radius 2 is 1.35 bits per heavy atom. The lowest BCUT2D eigenvalue weighted by molar-refractivity contribution is -0.128. The first-order valence-electron chi connectivity index (χ1n) is 6.48. The maximum Gasteiger partial charge on any atom is 0.238 e. The Morgan fingerprint density at radius 3 is 1.85 bits per heavy atom. The number of nitrogens with zero attached hydrogens (tertiary/aromatic N) is 1. The molecule has 0 spiro atoms. The molecule has 1 N–H and O–H groups in total. The Labute approximate surface area is 114 Å². The van der Waals surface area contributed by atoms with Crippen LogP contribution in [0.5, 0.6) is 5.75 Å². The topological polar surface area (TPSA) is 74.7 Å². The molecule has 1 saturated heterocycles. The number of allylic oxidation sites excluding steroid dienone is 2. The first kappa shape index (κ1) is 11.4. The molecule has 1 saturated carbocycles. The number of anilines is 1. The highest BCUT2D eigenvalue weighted by molar-refractivity contribution is 6.26. The predicted molar refractivity (Wildman–Crippen MR) is 68.7 cm³/mol. The van der Waals surface area contributed by atoms with Crippen LogP contribution >= 0.6 is 0 Å².